The fraction of sp³-hybridized carbons (Fsp3) is 0.400. The molecule has 1 heterocycles. The molecule has 4 nitrogen and oxygen atoms in total. The number of carbonyl (C=O) groups excluding carboxylic acids is 3. The quantitative estimate of drug-likeness (QED) is 0.482. The van der Waals surface area contributed by atoms with E-state index in [1.165, 1.54) is 12.1 Å². The van der Waals surface area contributed by atoms with Gasteiger partial charge in [0.1, 0.15) is 29.7 Å². The molecule has 0 bridgehead atoms. The molecule has 1 spiro atoms. The monoisotopic (exact) mass is 461 g/mol. The first-order chi connectivity index (χ1) is 15.4. The van der Waals surface area contributed by atoms with E-state index in [0.29, 0.717) is 5.56 Å². The van der Waals surface area contributed by atoms with Crippen molar-refractivity contribution in [3.63, 3.8) is 0 Å². The summed E-state index contributed by atoms with van der Waals surface area (Å²) in [5.74, 6) is -2.83. The van der Waals surface area contributed by atoms with Crippen molar-refractivity contribution in [3.05, 3.63) is 58.9 Å². The standard InChI is InChI=1S/C25H23F4NO3/c1-14-7-17(16-3-5-18(26)6-4-16)8-15(2)22(14)23-19(31)9-24(10-20(23)32)12-30(13-24)21(33)11-25(27,28)29/h3-8,23H,9-13H2,1-2H3. The second-order valence-corrected chi connectivity index (χ2v) is 9.29. The number of hydrogen-bond donors (Lipinski definition) is 0. The van der Waals surface area contributed by atoms with Crippen molar-refractivity contribution in [3.8, 4) is 11.1 Å². The van der Waals surface area contributed by atoms with E-state index in [9.17, 15) is 31.9 Å². The normalized spacial score (nSPS) is 18.5. The third kappa shape index (κ3) is 4.56. The summed E-state index contributed by atoms with van der Waals surface area (Å²) in [6.07, 6.45) is -6.01. The molecule has 33 heavy (non-hydrogen) atoms. The number of nitrogens with zero attached hydrogens (tertiary/aromatic N) is 1. The second kappa shape index (κ2) is 8.08. The van der Waals surface area contributed by atoms with Crippen LogP contribution in [0.15, 0.2) is 36.4 Å². The Kier molecular flexibility index (Phi) is 5.66. The molecule has 0 radical (unpaired) electrons. The van der Waals surface area contributed by atoms with Crippen molar-refractivity contribution >= 4 is 17.5 Å². The molecule has 1 saturated heterocycles. The van der Waals surface area contributed by atoms with Gasteiger partial charge >= 0.3 is 6.18 Å². The molecule has 1 saturated carbocycles. The molecular weight excluding hydrogens is 438 g/mol. The molecule has 0 aromatic heterocycles. The summed E-state index contributed by atoms with van der Waals surface area (Å²) in [5, 5.41) is 0. The number of Topliss-reactive ketones (excluding diaryl/α,β-unsaturated/α-hetero) is 2. The van der Waals surface area contributed by atoms with Gasteiger partial charge in [0.2, 0.25) is 5.91 Å². The summed E-state index contributed by atoms with van der Waals surface area (Å²) in [6.45, 7) is 3.63. The highest BCUT2D eigenvalue weighted by Gasteiger charge is 2.54. The van der Waals surface area contributed by atoms with E-state index in [-0.39, 0.29) is 43.3 Å². The van der Waals surface area contributed by atoms with Crippen LogP contribution in [0.4, 0.5) is 17.6 Å². The summed E-state index contributed by atoms with van der Waals surface area (Å²) < 4.78 is 50.7. The molecule has 1 aliphatic carbocycles. The minimum absolute atomic E-state index is 0.00637. The first-order valence-corrected chi connectivity index (χ1v) is 10.6. The SMILES string of the molecule is Cc1cc(-c2ccc(F)cc2)cc(C)c1C1C(=O)CC2(CC1=O)CN(C(=O)CC(F)(F)F)C2. The van der Waals surface area contributed by atoms with Crippen molar-refractivity contribution in [2.45, 2.75) is 45.2 Å². The average molecular weight is 461 g/mol. The molecule has 2 fully saturated rings. The van der Waals surface area contributed by atoms with Crippen LogP contribution in [-0.4, -0.2) is 41.6 Å². The smallest absolute Gasteiger partial charge is 0.341 e. The van der Waals surface area contributed by atoms with Gasteiger partial charge in [-0.3, -0.25) is 14.4 Å². The minimum atomic E-state index is -4.59. The van der Waals surface area contributed by atoms with Crippen molar-refractivity contribution in [1.29, 1.82) is 0 Å². The van der Waals surface area contributed by atoms with E-state index >= 15 is 0 Å². The largest absolute Gasteiger partial charge is 0.397 e. The zero-order valence-electron chi connectivity index (χ0n) is 18.3. The Balaban J connectivity index is 1.52. The number of amides is 1. The van der Waals surface area contributed by atoms with Crippen LogP contribution in [0.1, 0.15) is 41.9 Å². The van der Waals surface area contributed by atoms with Crippen LogP contribution in [0.5, 0.6) is 0 Å². The third-order valence-corrected chi connectivity index (χ3v) is 6.56. The molecule has 8 heteroatoms. The molecule has 1 amide bonds. The molecule has 174 valence electrons. The lowest BCUT2D eigenvalue weighted by molar-refractivity contribution is -0.173. The van der Waals surface area contributed by atoms with E-state index in [2.05, 4.69) is 0 Å². The number of ketones is 2. The van der Waals surface area contributed by atoms with Crippen LogP contribution in [0, 0.1) is 25.1 Å². The van der Waals surface area contributed by atoms with E-state index < -0.39 is 29.8 Å². The fourth-order valence-corrected chi connectivity index (χ4v) is 5.19. The number of aryl methyl sites for hydroxylation is 2. The minimum Gasteiger partial charge on any atom is -0.341 e. The highest BCUT2D eigenvalue weighted by atomic mass is 19.4. The Bertz CT molecular complexity index is 1090. The van der Waals surface area contributed by atoms with Gasteiger partial charge < -0.3 is 4.90 Å². The predicted molar refractivity (Wildman–Crippen MR) is 113 cm³/mol. The van der Waals surface area contributed by atoms with E-state index in [1.807, 2.05) is 26.0 Å². The number of alkyl halides is 3. The van der Waals surface area contributed by atoms with Gasteiger partial charge in [-0.05, 0) is 53.8 Å². The molecule has 0 unspecified atom stereocenters. The summed E-state index contributed by atoms with van der Waals surface area (Å²) in [6, 6.07) is 9.77. The van der Waals surface area contributed by atoms with Gasteiger partial charge in [-0.15, -0.1) is 0 Å². The van der Waals surface area contributed by atoms with Crippen LogP contribution in [-0.2, 0) is 14.4 Å². The highest BCUT2D eigenvalue weighted by Crippen LogP contribution is 2.46. The van der Waals surface area contributed by atoms with Crippen molar-refractivity contribution in [1.82, 2.24) is 4.90 Å². The molecule has 4 rings (SSSR count). The maximum atomic E-state index is 13.2. The van der Waals surface area contributed by atoms with Crippen LogP contribution in [0.25, 0.3) is 11.1 Å². The molecule has 2 aromatic carbocycles. The van der Waals surface area contributed by atoms with Gasteiger partial charge in [0.15, 0.2) is 0 Å². The summed E-state index contributed by atoms with van der Waals surface area (Å²) in [4.78, 5) is 39.0. The van der Waals surface area contributed by atoms with Crippen molar-refractivity contribution in [2.24, 2.45) is 5.41 Å². The topological polar surface area (TPSA) is 54.5 Å². The first-order valence-electron chi connectivity index (χ1n) is 10.6. The maximum absolute atomic E-state index is 13.2. The number of halogens is 4. The summed E-state index contributed by atoms with van der Waals surface area (Å²) in [7, 11) is 0. The third-order valence-electron chi connectivity index (χ3n) is 6.56. The number of hydrogen-bond acceptors (Lipinski definition) is 3. The van der Waals surface area contributed by atoms with Crippen LogP contribution < -0.4 is 0 Å². The number of likely N-dealkylation sites (tertiary alicyclic amines) is 1. The Hall–Kier alpha value is -3.03. The van der Waals surface area contributed by atoms with Gasteiger partial charge in [-0.1, -0.05) is 24.3 Å². The number of carbonyl (C=O) groups is 3. The number of benzene rings is 2. The van der Waals surface area contributed by atoms with E-state index in [4.69, 9.17) is 0 Å². The van der Waals surface area contributed by atoms with Gasteiger partial charge in [-0.25, -0.2) is 4.39 Å². The Morgan fingerprint density at radius 1 is 0.970 bits per heavy atom. The van der Waals surface area contributed by atoms with Crippen LogP contribution in [0.3, 0.4) is 0 Å². The molecule has 1 aliphatic heterocycles. The predicted octanol–water partition coefficient (Wildman–Crippen LogP) is 4.91. The Labute approximate surface area is 188 Å². The molecule has 2 aliphatic rings. The fourth-order valence-electron chi connectivity index (χ4n) is 5.19. The van der Waals surface area contributed by atoms with Gasteiger partial charge in [0, 0.05) is 31.3 Å². The summed E-state index contributed by atoms with van der Waals surface area (Å²) in [5.41, 5.74) is 3.09. The first kappa shape index (κ1) is 23.1. The zero-order valence-corrected chi connectivity index (χ0v) is 18.3. The van der Waals surface area contributed by atoms with Gasteiger partial charge in [0.25, 0.3) is 0 Å². The molecule has 2 aromatic rings. The lowest BCUT2D eigenvalue weighted by Gasteiger charge is -2.52. The molecular formula is C25H23F4NO3. The number of rotatable bonds is 3. The van der Waals surface area contributed by atoms with Crippen molar-refractivity contribution < 1.29 is 31.9 Å². The lowest BCUT2D eigenvalue weighted by atomic mass is 9.63. The van der Waals surface area contributed by atoms with Crippen LogP contribution in [0.2, 0.25) is 0 Å². The van der Waals surface area contributed by atoms with Crippen LogP contribution >= 0.6 is 0 Å². The van der Waals surface area contributed by atoms with E-state index in [1.54, 1.807) is 12.1 Å². The average Bonchev–Trinajstić information content (AvgIpc) is 2.66. The molecule has 0 atom stereocenters. The van der Waals surface area contributed by atoms with E-state index in [0.717, 1.165) is 27.2 Å². The van der Waals surface area contributed by atoms with Gasteiger partial charge in [-0.2, -0.15) is 13.2 Å². The van der Waals surface area contributed by atoms with Crippen molar-refractivity contribution in [2.75, 3.05) is 13.1 Å². The Morgan fingerprint density at radius 3 is 1.97 bits per heavy atom. The lowest BCUT2D eigenvalue weighted by Crippen LogP contribution is -2.62. The Morgan fingerprint density at radius 2 is 1.48 bits per heavy atom. The summed E-state index contributed by atoms with van der Waals surface area (Å²) >= 11 is 0. The zero-order chi connectivity index (χ0) is 24.1. The molecule has 0 N–H and O–H groups in total. The highest BCUT2D eigenvalue weighted by molar-refractivity contribution is 6.11. The maximum Gasteiger partial charge on any atom is 0.397 e. The second-order valence-electron chi connectivity index (χ2n) is 9.29. The van der Waals surface area contributed by atoms with Gasteiger partial charge in [0.05, 0.1) is 0 Å².